The minimum atomic E-state index is -0.770. The molecule has 1 aromatic carbocycles. The number of ether oxygens (including phenoxy) is 2. The Morgan fingerprint density at radius 1 is 1.31 bits per heavy atom. The van der Waals surface area contributed by atoms with Crippen LogP contribution >= 0.6 is 23.2 Å². The molecule has 11 heteroatoms. The van der Waals surface area contributed by atoms with Crippen LogP contribution in [0.2, 0.25) is 10.0 Å². The summed E-state index contributed by atoms with van der Waals surface area (Å²) in [7, 11) is 1.46. The molecule has 29 heavy (non-hydrogen) atoms. The van der Waals surface area contributed by atoms with Crippen molar-refractivity contribution in [2.45, 2.75) is 19.9 Å². The van der Waals surface area contributed by atoms with E-state index in [1.165, 1.54) is 23.8 Å². The summed E-state index contributed by atoms with van der Waals surface area (Å²) in [4.78, 5) is 40.6. The lowest BCUT2D eigenvalue weighted by molar-refractivity contribution is -0.120. The number of nitrogen functional groups attached to an aromatic ring is 1. The van der Waals surface area contributed by atoms with E-state index in [1.807, 2.05) is 6.92 Å². The Labute approximate surface area is 176 Å². The maximum Gasteiger partial charge on any atom is 0.330 e. The van der Waals surface area contributed by atoms with Gasteiger partial charge in [-0.2, -0.15) is 0 Å². The first-order valence-corrected chi connectivity index (χ1v) is 9.55. The Hall–Kier alpha value is -2.49. The van der Waals surface area contributed by atoms with Crippen LogP contribution in [0.4, 0.5) is 11.5 Å². The molecule has 0 aliphatic rings. The first-order chi connectivity index (χ1) is 13.8. The fraction of sp³-hybridized carbons (Fsp3) is 0.389. The molecule has 0 aliphatic carbocycles. The normalized spacial score (nSPS) is 10.8. The number of aromatic amines is 1. The molecule has 158 valence electrons. The molecule has 9 nitrogen and oxygen atoms in total. The van der Waals surface area contributed by atoms with Gasteiger partial charge >= 0.3 is 5.69 Å². The smallest absolute Gasteiger partial charge is 0.330 e. The van der Waals surface area contributed by atoms with Gasteiger partial charge in [0.05, 0.1) is 11.6 Å². The third kappa shape index (κ3) is 5.53. The maximum absolute atomic E-state index is 12.8. The van der Waals surface area contributed by atoms with Crippen molar-refractivity contribution in [3.63, 3.8) is 0 Å². The van der Waals surface area contributed by atoms with Crippen LogP contribution in [0.5, 0.6) is 5.75 Å². The van der Waals surface area contributed by atoms with Gasteiger partial charge in [-0.05, 0) is 24.6 Å². The molecular formula is C18H22Cl2N4O5. The van der Waals surface area contributed by atoms with E-state index >= 15 is 0 Å². The van der Waals surface area contributed by atoms with Crippen molar-refractivity contribution in [1.82, 2.24) is 9.55 Å². The molecule has 0 radical (unpaired) electrons. The lowest BCUT2D eigenvalue weighted by Gasteiger charge is -2.24. The third-order valence-electron chi connectivity index (χ3n) is 4.00. The number of nitrogens with one attached hydrogen (secondary N) is 1. The van der Waals surface area contributed by atoms with E-state index in [0.29, 0.717) is 11.4 Å². The molecule has 0 fully saturated rings. The minimum absolute atomic E-state index is 0.0324. The van der Waals surface area contributed by atoms with Crippen molar-refractivity contribution in [1.29, 1.82) is 0 Å². The number of carbonyl (C=O) groups excluding carboxylic acids is 1. The Morgan fingerprint density at radius 2 is 2.03 bits per heavy atom. The summed E-state index contributed by atoms with van der Waals surface area (Å²) >= 11 is 11.9. The zero-order valence-corrected chi connectivity index (χ0v) is 17.5. The summed E-state index contributed by atoms with van der Waals surface area (Å²) in [5, 5.41) is 0.662. The summed E-state index contributed by atoms with van der Waals surface area (Å²) in [5.41, 5.74) is 4.52. The summed E-state index contributed by atoms with van der Waals surface area (Å²) in [5.74, 6) is -0.407. The summed E-state index contributed by atoms with van der Waals surface area (Å²) in [6, 6.07) is 4.58. The van der Waals surface area contributed by atoms with Crippen LogP contribution in [0, 0.1) is 0 Å². The van der Waals surface area contributed by atoms with Crippen LogP contribution in [-0.4, -0.2) is 42.3 Å². The highest BCUT2D eigenvalue weighted by Crippen LogP contribution is 2.27. The number of rotatable bonds is 9. The molecule has 0 unspecified atom stereocenters. The van der Waals surface area contributed by atoms with E-state index in [0.717, 1.165) is 4.90 Å². The highest BCUT2D eigenvalue weighted by Gasteiger charge is 2.24. The standard InChI is InChI=1S/C18H22Cl2N4O5/c1-3-6-24-16(21)15(17(26)22-18(24)27)23(7-8-28-2)14(25)10-29-13-5-4-11(19)9-12(13)20/h4-5,9H,3,6-8,10,21H2,1-2H3,(H,22,26,27). The lowest BCUT2D eigenvalue weighted by atomic mass is 10.3. The van der Waals surface area contributed by atoms with Crippen LogP contribution in [0.25, 0.3) is 0 Å². The van der Waals surface area contributed by atoms with Gasteiger partial charge in [0, 0.05) is 25.2 Å². The van der Waals surface area contributed by atoms with Crippen molar-refractivity contribution in [2.75, 3.05) is 37.5 Å². The highest BCUT2D eigenvalue weighted by molar-refractivity contribution is 6.35. The summed E-state index contributed by atoms with van der Waals surface area (Å²) < 4.78 is 11.7. The average molecular weight is 445 g/mol. The van der Waals surface area contributed by atoms with E-state index in [2.05, 4.69) is 4.98 Å². The molecule has 3 N–H and O–H groups in total. The SMILES string of the molecule is CCCn1c(N)c(N(CCOC)C(=O)COc2ccc(Cl)cc2Cl)c(=O)[nH]c1=O. The van der Waals surface area contributed by atoms with Crippen molar-refractivity contribution in [3.05, 3.63) is 49.1 Å². The molecule has 2 rings (SSSR count). The lowest BCUT2D eigenvalue weighted by Crippen LogP contribution is -2.44. The Kier molecular flexibility index (Phi) is 8.12. The zero-order chi connectivity index (χ0) is 21.6. The van der Waals surface area contributed by atoms with Crippen molar-refractivity contribution < 1.29 is 14.3 Å². The highest BCUT2D eigenvalue weighted by atomic mass is 35.5. The van der Waals surface area contributed by atoms with Crippen molar-refractivity contribution in [3.8, 4) is 5.75 Å². The van der Waals surface area contributed by atoms with Crippen molar-refractivity contribution >= 4 is 40.6 Å². The second kappa shape index (κ2) is 10.3. The van der Waals surface area contributed by atoms with Crippen molar-refractivity contribution in [2.24, 2.45) is 0 Å². The monoisotopic (exact) mass is 444 g/mol. The number of nitrogens with zero attached hydrogens (tertiary/aromatic N) is 2. The molecule has 1 amide bonds. The summed E-state index contributed by atoms with van der Waals surface area (Å²) in [6.45, 7) is 1.90. The fourth-order valence-corrected chi connectivity index (χ4v) is 3.10. The molecule has 2 aromatic rings. The third-order valence-corrected chi connectivity index (χ3v) is 4.53. The number of halogens is 2. The number of nitrogens with two attached hydrogens (primary N) is 1. The molecule has 0 aliphatic heterocycles. The largest absolute Gasteiger partial charge is 0.482 e. The van der Waals surface area contributed by atoms with Gasteiger partial charge in [-0.3, -0.25) is 24.0 Å². The summed E-state index contributed by atoms with van der Waals surface area (Å²) in [6.07, 6.45) is 0.611. The zero-order valence-electron chi connectivity index (χ0n) is 16.0. The first kappa shape index (κ1) is 22.8. The minimum Gasteiger partial charge on any atom is -0.482 e. The number of methoxy groups -OCH3 is 1. The second-order valence-corrected chi connectivity index (χ2v) is 6.89. The molecule has 1 aromatic heterocycles. The molecule has 0 atom stereocenters. The predicted molar refractivity (Wildman–Crippen MR) is 112 cm³/mol. The van der Waals surface area contributed by atoms with Crippen LogP contribution in [0.15, 0.2) is 27.8 Å². The number of amides is 1. The maximum atomic E-state index is 12.8. The Balaban J connectivity index is 2.36. The number of benzene rings is 1. The number of hydrogen-bond donors (Lipinski definition) is 2. The van der Waals surface area contributed by atoms with E-state index in [9.17, 15) is 14.4 Å². The quantitative estimate of drug-likeness (QED) is 0.609. The Morgan fingerprint density at radius 3 is 2.66 bits per heavy atom. The van der Waals surface area contributed by atoms with Crippen LogP contribution in [0.3, 0.4) is 0 Å². The fourth-order valence-electron chi connectivity index (χ4n) is 2.64. The first-order valence-electron chi connectivity index (χ1n) is 8.79. The number of carbonyl (C=O) groups is 1. The van der Waals surface area contributed by atoms with Crippen LogP contribution < -0.4 is 26.6 Å². The van der Waals surface area contributed by atoms with E-state index < -0.39 is 23.8 Å². The van der Waals surface area contributed by atoms with Gasteiger partial charge < -0.3 is 15.2 Å². The van der Waals surface area contributed by atoms with E-state index in [1.54, 1.807) is 6.07 Å². The number of H-pyrrole nitrogens is 1. The predicted octanol–water partition coefficient (Wildman–Crippen LogP) is 1.89. The van der Waals surface area contributed by atoms with E-state index in [4.69, 9.17) is 38.4 Å². The molecular weight excluding hydrogens is 423 g/mol. The van der Waals surface area contributed by atoms with Crippen LogP contribution in [0.1, 0.15) is 13.3 Å². The molecule has 0 saturated heterocycles. The molecule has 0 saturated carbocycles. The van der Waals surface area contributed by atoms with Gasteiger partial charge in [0.15, 0.2) is 12.3 Å². The second-order valence-electron chi connectivity index (χ2n) is 6.05. The van der Waals surface area contributed by atoms with Crippen LogP contribution in [-0.2, 0) is 16.1 Å². The van der Waals surface area contributed by atoms with Gasteiger partial charge in [0.2, 0.25) is 0 Å². The topological polar surface area (TPSA) is 120 Å². The number of anilines is 2. The molecule has 0 spiro atoms. The molecule has 1 heterocycles. The van der Waals surface area contributed by atoms with Gasteiger partial charge in [-0.1, -0.05) is 30.1 Å². The van der Waals surface area contributed by atoms with Gasteiger partial charge in [-0.25, -0.2) is 4.79 Å². The Bertz CT molecular complexity index is 989. The average Bonchev–Trinajstić information content (AvgIpc) is 2.66. The van der Waals surface area contributed by atoms with Gasteiger partial charge in [-0.15, -0.1) is 0 Å². The number of aromatic nitrogens is 2. The van der Waals surface area contributed by atoms with Gasteiger partial charge in [0.25, 0.3) is 11.5 Å². The van der Waals surface area contributed by atoms with E-state index in [-0.39, 0.29) is 42.0 Å². The molecule has 0 bridgehead atoms. The van der Waals surface area contributed by atoms with Gasteiger partial charge in [0.1, 0.15) is 11.6 Å². The number of hydrogen-bond acceptors (Lipinski definition) is 6.